The molecule has 0 N–H and O–H groups in total. The molecule has 2 aromatic carbocycles. The van der Waals surface area contributed by atoms with Crippen LogP contribution in [0.2, 0.25) is 5.02 Å². The molecule has 0 bridgehead atoms. The van der Waals surface area contributed by atoms with E-state index in [0.717, 1.165) is 16.7 Å². The molecule has 0 saturated heterocycles. The highest BCUT2D eigenvalue weighted by Crippen LogP contribution is 2.23. The van der Waals surface area contributed by atoms with Crippen molar-refractivity contribution in [3.8, 4) is 11.1 Å². The summed E-state index contributed by atoms with van der Waals surface area (Å²) in [6.45, 7) is 1.57. The molecule has 2 heteroatoms. The number of carbonyl (C=O) groups is 1. The van der Waals surface area contributed by atoms with Crippen LogP contribution < -0.4 is 0 Å². The Bertz CT molecular complexity index is 532. The number of halogens is 1. The molecule has 16 heavy (non-hydrogen) atoms. The van der Waals surface area contributed by atoms with Gasteiger partial charge in [-0.15, -0.1) is 0 Å². The maximum Gasteiger partial charge on any atom is 0.159 e. The van der Waals surface area contributed by atoms with Crippen molar-refractivity contribution in [1.29, 1.82) is 0 Å². The first-order valence-corrected chi connectivity index (χ1v) is 5.41. The smallest absolute Gasteiger partial charge is 0.159 e. The van der Waals surface area contributed by atoms with Gasteiger partial charge in [0.1, 0.15) is 0 Å². The van der Waals surface area contributed by atoms with Crippen molar-refractivity contribution in [2.24, 2.45) is 0 Å². The monoisotopic (exact) mass is 230 g/mol. The van der Waals surface area contributed by atoms with Crippen LogP contribution in [-0.2, 0) is 0 Å². The molecule has 0 saturated carbocycles. The third-order valence-electron chi connectivity index (χ3n) is 2.43. The normalized spacial score (nSPS) is 10.1. The highest BCUT2D eigenvalue weighted by Gasteiger charge is 2.02. The number of rotatable bonds is 2. The van der Waals surface area contributed by atoms with Crippen molar-refractivity contribution < 1.29 is 4.79 Å². The Labute approximate surface area is 99.7 Å². The maximum atomic E-state index is 11.3. The van der Waals surface area contributed by atoms with Crippen molar-refractivity contribution in [1.82, 2.24) is 0 Å². The molecule has 0 fully saturated rings. The molecule has 0 aliphatic rings. The summed E-state index contributed by atoms with van der Waals surface area (Å²) in [6, 6.07) is 15.2. The van der Waals surface area contributed by atoms with Gasteiger partial charge in [0.15, 0.2) is 5.78 Å². The molecule has 0 unspecified atom stereocenters. The summed E-state index contributed by atoms with van der Waals surface area (Å²) < 4.78 is 0. The molecule has 80 valence electrons. The van der Waals surface area contributed by atoms with Gasteiger partial charge < -0.3 is 0 Å². The van der Waals surface area contributed by atoms with Crippen LogP contribution in [0.1, 0.15) is 17.3 Å². The zero-order chi connectivity index (χ0) is 11.5. The lowest BCUT2D eigenvalue weighted by Gasteiger charge is -2.03. The number of carbonyl (C=O) groups excluding carboxylic acids is 1. The van der Waals surface area contributed by atoms with E-state index in [1.54, 1.807) is 6.92 Å². The Kier molecular flexibility index (Phi) is 3.07. The second kappa shape index (κ2) is 4.50. The first-order chi connectivity index (χ1) is 7.66. The van der Waals surface area contributed by atoms with E-state index in [1.807, 2.05) is 48.5 Å². The van der Waals surface area contributed by atoms with Gasteiger partial charge >= 0.3 is 0 Å². The molecule has 0 amide bonds. The molecule has 0 spiro atoms. The van der Waals surface area contributed by atoms with E-state index >= 15 is 0 Å². The van der Waals surface area contributed by atoms with E-state index in [-0.39, 0.29) is 5.78 Å². The van der Waals surface area contributed by atoms with Gasteiger partial charge in [-0.05, 0) is 36.2 Å². The van der Waals surface area contributed by atoms with Crippen molar-refractivity contribution >= 4 is 17.4 Å². The van der Waals surface area contributed by atoms with E-state index in [0.29, 0.717) is 5.02 Å². The minimum Gasteiger partial charge on any atom is -0.295 e. The zero-order valence-corrected chi connectivity index (χ0v) is 9.66. The Balaban J connectivity index is 2.48. The maximum absolute atomic E-state index is 11.3. The number of hydrogen-bond acceptors (Lipinski definition) is 1. The standard InChI is InChI=1S/C14H11ClO/c1-10(16)11-4-2-5-12(8-11)13-6-3-7-14(15)9-13/h2-9H,1H3. The van der Waals surface area contributed by atoms with Gasteiger partial charge in [-0.1, -0.05) is 41.9 Å². The Morgan fingerprint density at radius 3 is 2.25 bits per heavy atom. The molecular weight excluding hydrogens is 220 g/mol. The lowest BCUT2D eigenvalue weighted by molar-refractivity contribution is 0.101. The van der Waals surface area contributed by atoms with E-state index in [4.69, 9.17) is 11.6 Å². The summed E-state index contributed by atoms with van der Waals surface area (Å²) in [4.78, 5) is 11.3. The Morgan fingerprint density at radius 1 is 1.00 bits per heavy atom. The second-order valence-corrected chi connectivity index (χ2v) is 4.08. The van der Waals surface area contributed by atoms with Gasteiger partial charge in [0, 0.05) is 10.6 Å². The predicted octanol–water partition coefficient (Wildman–Crippen LogP) is 4.21. The van der Waals surface area contributed by atoms with Crippen LogP contribution in [-0.4, -0.2) is 5.78 Å². The summed E-state index contributed by atoms with van der Waals surface area (Å²) >= 11 is 5.93. The highest BCUT2D eigenvalue weighted by atomic mass is 35.5. The lowest BCUT2D eigenvalue weighted by Crippen LogP contribution is -1.91. The van der Waals surface area contributed by atoms with Crippen molar-refractivity contribution in [2.45, 2.75) is 6.92 Å². The molecule has 0 radical (unpaired) electrons. The van der Waals surface area contributed by atoms with E-state index in [2.05, 4.69) is 0 Å². The highest BCUT2D eigenvalue weighted by molar-refractivity contribution is 6.30. The average Bonchev–Trinajstić information content (AvgIpc) is 2.29. The Morgan fingerprint density at radius 2 is 1.62 bits per heavy atom. The van der Waals surface area contributed by atoms with Gasteiger partial charge in [0.25, 0.3) is 0 Å². The SMILES string of the molecule is CC(=O)c1cccc(-c2cccc(Cl)c2)c1. The molecule has 1 nitrogen and oxygen atoms in total. The van der Waals surface area contributed by atoms with Crippen LogP contribution in [0.25, 0.3) is 11.1 Å². The summed E-state index contributed by atoms with van der Waals surface area (Å²) in [5.74, 6) is 0.0730. The fourth-order valence-electron chi connectivity index (χ4n) is 1.59. The molecule has 0 heterocycles. The third-order valence-corrected chi connectivity index (χ3v) is 2.66. The van der Waals surface area contributed by atoms with E-state index < -0.39 is 0 Å². The predicted molar refractivity (Wildman–Crippen MR) is 66.9 cm³/mol. The summed E-state index contributed by atoms with van der Waals surface area (Å²) in [5.41, 5.74) is 2.75. The van der Waals surface area contributed by atoms with Crippen LogP contribution >= 0.6 is 11.6 Å². The van der Waals surface area contributed by atoms with Gasteiger partial charge in [0.2, 0.25) is 0 Å². The quantitative estimate of drug-likeness (QED) is 0.707. The van der Waals surface area contributed by atoms with Crippen LogP contribution in [0.15, 0.2) is 48.5 Å². The first kappa shape index (κ1) is 10.9. The van der Waals surface area contributed by atoms with Crippen LogP contribution in [0.4, 0.5) is 0 Å². The molecule has 2 rings (SSSR count). The third kappa shape index (κ3) is 2.31. The van der Waals surface area contributed by atoms with Gasteiger partial charge in [-0.2, -0.15) is 0 Å². The van der Waals surface area contributed by atoms with Crippen molar-refractivity contribution in [2.75, 3.05) is 0 Å². The van der Waals surface area contributed by atoms with Crippen LogP contribution in [0.3, 0.4) is 0 Å². The molecule has 2 aromatic rings. The van der Waals surface area contributed by atoms with E-state index in [9.17, 15) is 4.79 Å². The number of benzene rings is 2. The Hall–Kier alpha value is -1.60. The van der Waals surface area contributed by atoms with Crippen LogP contribution in [0, 0.1) is 0 Å². The topological polar surface area (TPSA) is 17.1 Å². The van der Waals surface area contributed by atoms with Crippen LogP contribution in [0.5, 0.6) is 0 Å². The fraction of sp³-hybridized carbons (Fsp3) is 0.0714. The van der Waals surface area contributed by atoms with Gasteiger partial charge in [0.05, 0.1) is 0 Å². The van der Waals surface area contributed by atoms with Gasteiger partial charge in [-0.3, -0.25) is 4.79 Å². The first-order valence-electron chi connectivity index (χ1n) is 5.04. The fourth-order valence-corrected chi connectivity index (χ4v) is 1.78. The summed E-state index contributed by atoms with van der Waals surface area (Å²) in [7, 11) is 0. The summed E-state index contributed by atoms with van der Waals surface area (Å²) in [6.07, 6.45) is 0. The minimum absolute atomic E-state index is 0.0730. The second-order valence-electron chi connectivity index (χ2n) is 3.65. The molecule has 0 aromatic heterocycles. The minimum atomic E-state index is 0.0730. The molecular formula is C14H11ClO. The number of hydrogen-bond donors (Lipinski definition) is 0. The lowest BCUT2D eigenvalue weighted by atomic mass is 10.0. The van der Waals surface area contributed by atoms with Crippen molar-refractivity contribution in [3.63, 3.8) is 0 Å². The number of ketones is 1. The van der Waals surface area contributed by atoms with Crippen molar-refractivity contribution in [3.05, 3.63) is 59.1 Å². The van der Waals surface area contributed by atoms with E-state index in [1.165, 1.54) is 0 Å². The molecule has 0 aliphatic heterocycles. The largest absolute Gasteiger partial charge is 0.295 e. The molecule has 0 atom stereocenters. The molecule has 0 aliphatic carbocycles. The summed E-state index contributed by atoms with van der Waals surface area (Å²) in [5, 5.41) is 0.700. The average molecular weight is 231 g/mol. The zero-order valence-electron chi connectivity index (χ0n) is 8.91. The van der Waals surface area contributed by atoms with Gasteiger partial charge in [-0.25, -0.2) is 0 Å². The number of Topliss-reactive ketones (excluding diaryl/α,β-unsaturated/α-hetero) is 1.